The predicted molar refractivity (Wildman–Crippen MR) is 81.5 cm³/mol. The number of hydrogen-bond acceptors (Lipinski definition) is 3. The third-order valence-electron chi connectivity index (χ3n) is 3.44. The van der Waals surface area contributed by atoms with E-state index in [1.54, 1.807) is 0 Å². The summed E-state index contributed by atoms with van der Waals surface area (Å²) in [4.78, 5) is 12.0. The lowest BCUT2D eigenvalue weighted by Gasteiger charge is -2.16. The maximum absolute atomic E-state index is 12.0. The molecule has 0 bridgehead atoms. The number of nitrogens with one attached hydrogen (secondary N) is 2. The van der Waals surface area contributed by atoms with Crippen LogP contribution in [0.5, 0.6) is 5.75 Å². The highest BCUT2D eigenvalue weighted by Crippen LogP contribution is 2.39. The Hall–Kier alpha value is -1.26. The molecule has 2 N–H and O–H groups in total. The fourth-order valence-corrected chi connectivity index (χ4v) is 2.36. The van der Waals surface area contributed by atoms with Gasteiger partial charge >= 0.3 is 0 Å². The summed E-state index contributed by atoms with van der Waals surface area (Å²) in [5, 5.41) is 6.64. The van der Waals surface area contributed by atoms with Gasteiger partial charge in [0, 0.05) is 17.3 Å². The molecule has 1 aromatic carbocycles. The molecule has 20 heavy (non-hydrogen) atoms. The molecule has 0 spiro atoms. The monoisotopic (exact) mass is 296 g/mol. The van der Waals surface area contributed by atoms with E-state index < -0.39 is 0 Å². The molecule has 0 aromatic heterocycles. The van der Waals surface area contributed by atoms with Gasteiger partial charge in [0.2, 0.25) is 5.91 Å². The second-order valence-corrected chi connectivity index (χ2v) is 5.49. The number of rotatable bonds is 6. The SMILES string of the molecule is CCCNC1C(=O)Nc2cc(OC(C)CC)c(Cl)cc21. The summed E-state index contributed by atoms with van der Waals surface area (Å²) in [5.41, 5.74) is 1.68. The number of ether oxygens (including phenoxy) is 1. The van der Waals surface area contributed by atoms with Crippen LogP contribution in [-0.4, -0.2) is 18.6 Å². The Labute approximate surface area is 124 Å². The van der Waals surface area contributed by atoms with Gasteiger partial charge in [-0.05, 0) is 32.4 Å². The number of carbonyl (C=O) groups is 1. The molecule has 1 aromatic rings. The summed E-state index contributed by atoms with van der Waals surface area (Å²) >= 11 is 6.26. The molecule has 0 fully saturated rings. The Morgan fingerprint density at radius 3 is 2.85 bits per heavy atom. The molecule has 0 radical (unpaired) electrons. The van der Waals surface area contributed by atoms with Crippen LogP contribution in [0.2, 0.25) is 5.02 Å². The van der Waals surface area contributed by atoms with Crippen LogP contribution in [-0.2, 0) is 4.79 Å². The van der Waals surface area contributed by atoms with Crippen LogP contribution in [0, 0.1) is 0 Å². The molecule has 1 heterocycles. The lowest BCUT2D eigenvalue weighted by Crippen LogP contribution is -2.27. The van der Waals surface area contributed by atoms with E-state index in [9.17, 15) is 4.79 Å². The molecule has 0 aliphatic carbocycles. The van der Waals surface area contributed by atoms with Crippen LogP contribution >= 0.6 is 11.6 Å². The molecule has 2 atom stereocenters. The maximum atomic E-state index is 12.0. The minimum atomic E-state index is -0.319. The minimum Gasteiger partial charge on any atom is -0.489 e. The maximum Gasteiger partial charge on any atom is 0.246 e. The van der Waals surface area contributed by atoms with Crippen LogP contribution in [0.3, 0.4) is 0 Å². The number of hydrogen-bond donors (Lipinski definition) is 2. The second-order valence-electron chi connectivity index (χ2n) is 5.08. The Bertz CT molecular complexity index is 505. The fourth-order valence-electron chi connectivity index (χ4n) is 2.14. The molecule has 0 saturated carbocycles. The first kappa shape index (κ1) is 15.1. The highest BCUT2D eigenvalue weighted by Gasteiger charge is 2.31. The van der Waals surface area contributed by atoms with Crippen molar-refractivity contribution < 1.29 is 9.53 Å². The standard InChI is InChI=1S/C15H21ClN2O2/c1-4-6-17-14-10-7-11(16)13(20-9(3)5-2)8-12(10)18-15(14)19/h7-9,14,17H,4-6H2,1-3H3,(H,18,19). The predicted octanol–water partition coefficient (Wildman–Crippen LogP) is 3.51. The van der Waals surface area contributed by atoms with Crippen LogP contribution in [0.25, 0.3) is 0 Å². The summed E-state index contributed by atoms with van der Waals surface area (Å²) in [6, 6.07) is 3.31. The summed E-state index contributed by atoms with van der Waals surface area (Å²) in [7, 11) is 0. The van der Waals surface area contributed by atoms with Gasteiger partial charge in [0.1, 0.15) is 11.8 Å². The molecule has 1 aliphatic heterocycles. The van der Waals surface area contributed by atoms with Gasteiger partial charge in [-0.25, -0.2) is 0 Å². The third-order valence-corrected chi connectivity index (χ3v) is 3.73. The number of amides is 1. The number of halogens is 1. The highest BCUT2D eigenvalue weighted by molar-refractivity contribution is 6.32. The van der Waals surface area contributed by atoms with E-state index in [1.807, 2.05) is 19.1 Å². The van der Waals surface area contributed by atoms with Crippen molar-refractivity contribution in [1.82, 2.24) is 5.32 Å². The molecule has 1 aliphatic rings. The third kappa shape index (κ3) is 3.07. The van der Waals surface area contributed by atoms with E-state index >= 15 is 0 Å². The summed E-state index contributed by atoms with van der Waals surface area (Å²) < 4.78 is 5.77. The van der Waals surface area contributed by atoms with Gasteiger partial charge in [0.15, 0.2) is 0 Å². The number of fused-ring (bicyclic) bond motifs is 1. The molecule has 110 valence electrons. The zero-order valence-corrected chi connectivity index (χ0v) is 12.9. The number of carbonyl (C=O) groups excluding carboxylic acids is 1. The van der Waals surface area contributed by atoms with E-state index in [2.05, 4.69) is 24.5 Å². The van der Waals surface area contributed by atoms with Crippen molar-refractivity contribution in [2.75, 3.05) is 11.9 Å². The highest BCUT2D eigenvalue weighted by atomic mass is 35.5. The Morgan fingerprint density at radius 1 is 1.45 bits per heavy atom. The Kier molecular flexibility index (Phi) is 4.89. The van der Waals surface area contributed by atoms with E-state index in [1.165, 1.54) is 0 Å². The number of anilines is 1. The zero-order valence-electron chi connectivity index (χ0n) is 12.1. The van der Waals surface area contributed by atoms with Crippen LogP contribution in [0.4, 0.5) is 5.69 Å². The lowest BCUT2D eigenvalue weighted by molar-refractivity contribution is -0.117. The lowest BCUT2D eigenvalue weighted by atomic mass is 10.1. The molecule has 2 rings (SSSR count). The van der Waals surface area contributed by atoms with Crippen molar-refractivity contribution in [3.8, 4) is 5.75 Å². The van der Waals surface area contributed by atoms with E-state index in [0.29, 0.717) is 10.8 Å². The van der Waals surface area contributed by atoms with Gasteiger partial charge in [-0.1, -0.05) is 25.4 Å². The number of benzene rings is 1. The van der Waals surface area contributed by atoms with E-state index in [4.69, 9.17) is 16.3 Å². The first-order valence-corrected chi connectivity index (χ1v) is 7.48. The van der Waals surface area contributed by atoms with Crippen molar-refractivity contribution in [3.05, 3.63) is 22.7 Å². The quantitative estimate of drug-likeness (QED) is 0.844. The minimum absolute atomic E-state index is 0.0368. The van der Waals surface area contributed by atoms with E-state index in [-0.39, 0.29) is 18.1 Å². The van der Waals surface area contributed by atoms with Gasteiger partial charge < -0.3 is 15.4 Å². The van der Waals surface area contributed by atoms with Gasteiger partial charge in [-0.3, -0.25) is 4.79 Å². The molecule has 1 amide bonds. The van der Waals surface area contributed by atoms with E-state index in [0.717, 1.165) is 30.6 Å². The van der Waals surface area contributed by atoms with Crippen molar-refractivity contribution in [2.24, 2.45) is 0 Å². The molecular weight excluding hydrogens is 276 g/mol. The normalized spacial score (nSPS) is 18.6. The molecule has 5 heteroatoms. The zero-order chi connectivity index (χ0) is 14.7. The van der Waals surface area contributed by atoms with Crippen LogP contribution in [0.1, 0.15) is 45.2 Å². The largest absolute Gasteiger partial charge is 0.489 e. The summed E-state index contributed by atoms with van der Waals surface area (Å²) in [5.74, 6) is 0.585. The van der Waals surface area contributed by atoms with Crippen molar-refractivity contribution in [3.63, 3.8) is 0 Å². The molecule has 2 unspecified atom stereocenters. The van der Waals surface area contributed by atoms with Crippen LogP contribution in [0.15, 0.2) is 12.1 Å². The summed E-state index contributed by atoms with van der Waals surface area (Å²) in [6.07, 6.45) is 1.97. The van der Waals surface area contributed by atoms with Crippen LogP contribution < -0.4 is 15.4 Å². The smallest absolute Gasteiger partial charge is 0.246 e. The summed E-state index contributed by atoms with van der Waals surface area (Å²) in [6.45, 7) is 6.91. The van der Waals surface area contributed by atoms with Crippen molar-refractivity contribution in [2.45, 2.75) is 45.8 Å². The first-order chi connectivity index (χ1) is 9.56. The Balaban J connectivity index is 2.25. The average Bonchev–Trinajstić information content (AvgIpc) is 2.72. The molecular formula is C15H21ClN2O2. The molecule has 0 saturated heterocycles. The van der Waals surface area contributed by atoms with Gasteiger partial charge in [-0.2, -0.15) is 0 Å². The molecule has 4 nitrogen and oxygen atoms in total. The fraction of sp³-hybridized carbons (Fsp3) is 0.533. The van der Waals surface area contributed by atoms with Gasteiger partial charge in [0.25, 0.3) is 0 Å². The van der Waals surface area contributed by atoms with Gasteiger partial charge in [0.05, 0.1) is 11.1 Å². The van der Waals surface area contributed by atoms with Crippen molar-refractivity contribution >= 4 is 23.2 Å². The first-order valence-electron chi connectivity index (χ1n) is 7.11. The second kappa shape index (κ2) is 6.46. The average molecular weight is 297 g/mol. The topological polar surface area (TPSA) is 50.4 Å². The Morgan fingerprint density at radius 2 is 2.20 bits per heavy atom. The van der Waals surface area contributed by atoms with Gasteiger partial charge in [-0.15, -0.1) is 0 Å². The van der Waals surface area contributed by atoms with Crippen molar-refractivity contribution in [1.29, 1.82) is 0 Å².